The summed E-state index contributed by atoms with van der Waals surface area (Å²) in [6, 6.07) is 15.3. The molecule has 3 heterocycles. The van der Waals surface area contributed by atoms with Gasteiger partial charge in [-0.3, -0.25) is 4.79 Å². The zero-order valence-corrected chi connectivity index (χ0v) is 20.7. The number of thioether (sulfide) groups is 2. The molecular weight excluding hydrogens is 468 g/mol. The summed E-state index contributed by atoms with van der Waals surface area (Å²) in [7, 11) is 0. The topological polar surface area (TPSA) is 101 Å². The summed E-state index contributed by atoms with van der Waals surface area (Å²) in [5.41, 5.74) is 2.97. The molecule has 1 N–H and O–H groups in total. The van der Waals surface area contributed by atoms with Crippen LogP contribution < -0.4 is 5.32 Å². The van der Waals surface area contributed by atoms with Crippen LogP contribution in [-0.2, 0) is 16.2 Å². The standard InChI is InChI=1S/C24H28N6O2S2/c1-17-11-12-25-30-28-20(15-17)22(18-7-3-2-4-8-18)29-32-16-19-9-5-10-21(26-19)27-23(31)24-33-13-6-14-34-24/h2-5,7-10,17,24H,6,11-16H2,1H3,(H,26,27,31)/b28-20+,29-22-,30-25?. The number of carbonyl (C=O) groups excluding carboxylic acids is 1. The third-order valence-electron chi connectivity index (χ3n) is 5.28. The van der Waals surface area contributed by atoms with Crippen molar-refractivity contribution in [2.75, 3.05) is 23.4 Å². The SMILES string of the molecule is CC1CCN=N/N=C(/C(=N\OCc2cccc(NC(=O)C3SCCCS3)n2)c2ccccc2)C1. The first-order valence-electron chi connectivity index (χ1n) is 11.4. The number of amides is 1. The largest absolute Gasteiger partial charge is 0.389 e. The minimum atomic E-state index is -0.0856. The number of hydrogen-bond donors (Lipinski definition) is 1. The fourth-order valence-corrected chi connectivity index (χ4v) is 6.13. The van der Waals surface area contributed by atoms with Crippen molar-refractivity contribution in [3.05, 3.63) is 59.8 Å². The van der Waals surface area contributed by atoms with E-state index in [0.29, 0.717) is 29.7 Å². The van der Waals surface area contributed by atoms with Crippen molar-refractivity contribution >= 4 is 46.7 Å². The highest BCUT2D eigenvalue weighted by Crippen LogP contribution is 2.31. The molecule has 0 bridgehead atoms. The predicted molar refractivity (Wildman–Crippen MR) is 140 cm³/mol. The van der Waals surface area contributed by atoms with Gasteiger partial charge in [-0.2, -0.15) is 5.11 Å². The molecule has 1 amide bonds. The van der Waals surface area contributed by atoms with Gasteiger partial charge in [-0.1, -0.05) is 48.5 Å². The van der Waals surface area contributed by atoms with Crippen LogP contribution in [-0.4, -0.2) is 44.9 Å². The van der Waals surface area contributed by atoms with Crippen LogP contribution in [0.15, 0.2) is 69.1 Å². The Balaban J connectivity index is 1.46. The monoisotopic (exact) mass is 496 g/mol. The van der Waals surface area contributed by atoms with Crippen molar-refractivity contribution in [3.8, 4) is 0 Å². The van der Waals surface area contributed by atoms with E-state index in [0.717, 1.165) is 42.0 Å². The molecule has 0 saturated carbocycles. The molecule has 2 aromatic rings. The van der Waals surface area contributed by atoms with Gasteiger partial charge >= 0.3 is 0 Å². The number of pyridine rings is 1. The molecule has 8 nitrogen and oxygen atoms in total. The predicted octanol–water partition coefficient (Wildman–Crippen LogP) is 5.38. The minimum Gasteiger partial charge on any atom is -0.389 e. The molecule has 1 aromatic heterocycles. The number of rotatable bonds is 7. The lowest BCUT2D eigenvalue weighted by Gasteiger charge is -2.19. The number of carbonyl (C=O) groups is 1. The molecule has 1 aromatic carbocycles. The van der Waals surface area contributed by atoms with Gasteiger partial charge in [-0.15, -0.1) is 28.6 Å². The van der Waals surface area contributed by atoms with Crippen LogP contribution in [0.25, 0.3) is 0 Å². The van der Waals surface area contributed by atoms with E-state index in [-0.39, 0.29) is 17.1 Å². The van der Waals surface area contributed by atoms with Crippen molar-refractivity contribution in [1.29, 1.82) is 0 Å². The maximum atomic E-state index is 12.5. The van der Waals surface area contributed by atoms with Gasteiger partial charge in [0, 0.05) is 5.56 Å². The van der Waals surface area contributed by atoms with Gasteiger partial charge in [-0.25, -0.2) is 4.98 Å². The highest BCUT2D eigenvalue weighted by Gasteiger charge is 2.23. The van der Waals surface area contributed by atoms with E-state index in [1.54, 1.807) is 29.6 Å². The first kappa shape index (κ1) is 24.4. The number of oxime groups is 1. The van der Waals surface area contributed by atoms with Gasteiger partial charge in [0.15, 0.2) is 6.61 Å². The lowest BCUT2D eigenvalue weighted by atomic mass is 9.95. The molecule has 4 rings (SSSR count). The summed E-state index contributed by atoms with van der Waals surface area (Å²) in [6.45, 7) is 3.02. The molecule has 0 aliphatic carbocycles. The first-order valence-corrected chi connectivity index (χ1v) is 13.5. The van der Waals surface area contributed by atoms with Gasteiger partial charge in [0.1, 0.15) is 16.1 Å². The number of benzene rings is 1. The van der Waals surface area contributed by atoms with Crippen molar-refractivity contribution < 1.29 is 9.63 Å². The highest BCUT2D eigenvalue weighted by molar-refractivity contribution is 8.18. The van der Waals surface area contributed by atoms with Crippen LogP contribution in [0.3, 0.4) is 0 Å². The summed E-state index contributed by atoms with van der Waals surface area (Å²) in [6.07, 6.45) is 2.84. The Kier molecular flexibility index (Phi) is 9.09. The van der Waals surface area contributed by atoms with E-state index in [1.807, 2.05) is 42.5 Å². The summed E-state index contributed by atoms with van der Waals surface area (Å²) in [5.74, 6) is 2.94. The van der Waals surface area contributed by atoms with Crippen LogP contribution in [0.5, 0.6) is 0 Å². The van der Waals surface area contributed by atoms with E-state index in [2.05, 4.69) is 37.8 Å². The Morgan fingerprint density at radius 3 is 2.79 bits per heavy atom. The van der Waals surface area contributed by atoms with Gasteiger partial charge in [0.2, 0.25) is 5.91 Å². The lowest BCUT2D eigenvalue weighted by Crippen LogP contribution is -2.25. The molecule has 1 unspecified atom stereocenters. The lowest BCUT2D eigenvalue weighted by molar-refractivity contribution is -0.114. The van der Waals surface area contributed by atoms with Crippen LogP contribution in [0.1, 0.15) is 37.4 Å². The fraction of sp³-hybridized carbons (Fsp3) is 0.417. The molecule has 178 valence electrons. The molecule has 1 fully saturated rings. The third kappa shape index (κ3) is 7.14. The third-order valence-corrected chi connectivity index (χ3v) is 8.18. The van der Waals surface area contributed by atoms with Crippen molar-refractivity contribution in [2.24, 2.45) is 26.5 Å². The summed E-state index contributed by atoms with van der Waals surface area (Å²) in [5, 5.41) is 19.7. The zero-order chi connectivity index (χ0) is 23.6. The van der Waals surface area contributed by atoms with Crippen LogP contribution in [0, 0.1) is 5.92 Å². The van der Waals surface area contributed by atoms with Gasteiger partial charge in [-0.05, 0) is 54.0 Å². The number of anilines is 1. The molecule has 2 aliphatic heterocycles. The Labute approximate surface area is 208 Å². The van der Waals surface area contributed by atoms with E-state index >= 15 is 0 Å². The van der Waals surface area contributed by atoms with E-state index in [4.69, 9.17) is 4.84 Å². The highest BCUT2D eigenvalue weighted by atomic mass is 32.2. The number of nitrogens with one attached hydrogen (secondary N) is 1. The van der Waals surface area contributed by atoms with E-state index in [9.17, 15) is 4.79 Å². The fourth-order valence-electron chi connectivity index (χ4n) is 3.51. The summed E-state index contributed by atoms with van der Waals surface area (Å²) in [4.78, 5) is 22.8. The van der Waals surface area contributed by atoms with Gasteiger partial charge in [0.05, 0.1) is 18.0 Å². The van der Waals surface area contributed by atoms with Crippen molar-refractivity contribution in [2.45, 2.75) is 37.4 Å². The zero-order valence-electron chi connectivity index (χ0n) is 19.1. The Bertz CT molecular complexity index is 1050. The molecule has 1 atom stereocenters. The van der Waals surface area contributed by atoms with E-state index in [1.165, 1.54) is 0 Å². The Hall–Kier alpha value is -2.72. The Morgan fingerprint density at radius 1 is 1.15 bits per heavy atom. The van der Waals surface area contributed by atoms with Gasteiger partial charge in [0.25, 0.3) is 0 Å². The summed E-state index contributed by atoms with van der Waals surface area (Å²) < 4.78 is -0.0856. The van der Waals surface area contributed by atoms with Gasteiger partial charge < -0.3 is 10.2 Å². The maximum Gasteiger partial charge on any atom is 0.248 e. The van der Waals surface area contributed by atoms with Crippen molar-refractivity contribution in [3.63, 3.8) is 0 Å². The number of hydrogen-bond acceptors (Lipinski definition) is 9. The number of nitrogens with zero attached hydrogens (tertiary/aromatic N) is 5. The maximum absolute atomic E-state index is 12.5. The second kappa shape index (κ2) is 12.7. The molecule has 0 spiro atoms. The average Bonchev–Trinajstić information content (AvgIpc) is 2.85. The second-order valence-electron chi connectivity index (χ2n) is 8.11. The molecule has 2 aliphatic rings. The van der Waals surface area contributed by atoms with Crippen LogP contribution in [0.4, 0.5) is 5.82 Å². The molecule has 1 saturated heterocycles. The summed E-state index contributed by atoms with van der Waals surface area (Å²) >= 11 is 3.36. The van der Waals surface area contributed by atoms with Crippen molar-refractivity contribution in [1.82, 2.24) is 4.98 Å². The number of aromatic nitrogens is 1. The molecule has 34 heavy (non-hydrogen) atoms. The molecular formula is C24H28N6O2S2. The van der Waals surface area contributed by atoms with Crippen LogP contribution in [0.2, 0.25) is 0 Å². The van der Waals surface area contributed by atoms with Crippen LogP contribution >= 0.6 is 23.5 Å². The second-order valence-corrected chi connectivity index (χ2v) is 10.8. The quantitative estimate of drug-likeness (QED) is 0.410. The van der Waals surface area contributed by atoms with E-state index < -0.39 is 0 Å². The first-order chi connectivity index (χ1) is 16.7. The molecule has 0 radical (unpaired) electrons. The minimum absolute atomic E-state index is 0.0183. The smallest absolute Gasteiger partial charge is 0.248 e. The Morgan fingerprint density at radius 2 is 1.97 bits per heavy atom. The average molecular weight is 497 g/mol. The molecule has 10 heteroatoms. The normalized spacial score (nSPS) is 21.1.